The molecule has 0 saturated carbocycles. The lowest BCUT2D eigenvalue weighted by Gasteiger charge is -2.35. The number of rotatable bonds is 16. The van der Waals surface area contributed by atoms with Crippen molar-refractivity contribution in [3.8, 4) is 0 Å². The van der Waals surface area contributed by atoms with Gasteiger partial charge in [0.25, 0.3) is 11.8 Å². The molecule has 0 bridgehead atoms. The largest absolute Gasteiger partial charge is 0.478 e. The number of hydrogen-bond donors (Lipinski definition) is 6. The molecule has 100 heavy (non-hydrogen) atoms. The van der Waals surface area contributed by atoms with Crippen molar-refractivity contribution in [1.29, 1.82) is 0 Å². The molecule has 9 heterocycles. The molecule has 0 aliphatic carbocycles. The van der Waals surface area contributed by atoms with E-state index in [1.165, 1.54) is 11.6 Å². The summed E-state index contributed by atoms with van der Waals surface area (Å²) in [5.41, 5.74) is 12.4. The van der Waals surface area contributed by atoms with Gasteiger partial charge in [0.15, 0.2) is 0 Å². The SMILES string of the molecule is Cc1csc2nc(N3CCN(C(=O)c4ccccc4C(=O)O)CC3)nc(NCc3ccc(Cl)cc3Cl)c12.Cc1csc2nc(N3CCN(C(=O)c4ccccc4C(N)=O)CC3)nc(NCc3ccc(Cl)cc3Cl)c12.Cc1csc2nc(N3CCNCC3)nc(NCc3ccc(Cl)cc3Cl)c12. The van der Waals surface area contributed by atoms with E-state index in [2.05, 4.69) is 54.1 Å². The van der Waals surface area contributed by atoms with E-state index in [9.17, 15) is 24.3 Å². The van der Waals surface area contributed by atoms with Gasteiger partial charge in [-0.2, -0.15) is 15.0 Å². The van der Waals surface area contributed by atoms with Crippen molar-refractivity contribution in [3.05, 3.63) is 205 Å². The van der Waals surface area contributed by atoms with Crippen LogP contribution in [0, 0.1) is 20.8 Å². The molecule has 30 heteroatoms. The summed E-state index contributed by atoms with van der Waals surface area (Å²) in [4.78, 5) is 90.9. The minimum Gasteiger partial charge on any atom is -0.478 e. The van der Waals surface area contributed by atoms with Crippen LogP contribution in [0.1, 0.15) is 74.8 Å². The highest BCUT2D eigenvalue weighted by atomic mass is 35.5. The van der Waals surface area contributed by atoms with Crippen LogP contribution in [0.15, 0.2) is 119 Å². The smallest absolute Gasteiger partial charge is 0.336 e. The Kier molecular flexibility index (Phi) is 22.9. The van der Waals surface area contributed by atoms with E-state index in [0.29, 0.717) is 120 Å². The third kappa shape index (κ3) is 16.5. The van der Waals surface area contributed by atoms with Gasteiger partial charge >= 0.3 is 5.97 Å². The molecular formula is C70H66Cl6N16O5S3. The molecule has 5 aromatic carbocycles. The second-order valence-electron chi connectivity index (χ2n) is 23.7. The third-order valence-corrected chi connectivity index (χ3v) is 21.8. The maximum Gasteiger partial charge on any atom is 0.336 e. The fourth-order valence-corrected chi connectivity index (χ4v) is 15.9. The Morgan fingerprint density at radius 1 is 0.450 bits per heavy atom. The van der Waals surface area contributed by atoms with Gasteiger partial charge in [-0.25, -0.2) is 19.7 Å². The van der Waals surface area contributed by atoms with Gasteiger partial charge in [-0.15, -0.1) is 34.0 Å². The minimum absolute atomic E-state index is 0.00767. The summed E-state index contributed by atoms with van der Waals surface area (Å²) >= 11 is 41.9. The molecule has 516 valence electrons. The molecule has 3 amide bonds. The molecule has 6 aromatic heterocycles. The Bertz CT molecular complexity index is 4660. The van der Waals surface area contributed by atoms with Crippen LogP contribution in [0.2, 0.25) is 30.1 Å². The Balaban J connectivity index is 0.000000145. The van der Waals surface area contributed by atoms with E-state index in [1.54, 1.807) is 111 Å². The Morgan fingerprint density at radius 3 is 1.10 bits per heavy atom. The molecule has 21 nitrogen and oxygen atoms in total. The van der Waals surface area contributed by atoms with Crippen molar-refractivity contribution in [1.82, 2.24) is 45.0 Å². The zero-order valence-corrected chi connectivity index (χ0v) is 61.2. The zero-order valence-electron chi connectivity index (χ0n) is 54.2. The summed E-state index contributed by atoms with van der Waals surface area (Å²) in [6.45, 7) is 15.4. The number of nitrogens with two attached hydrogens (primary N) is 1. The van der Waals surface area contributed by atoms with Crippen LogP contribution in [0.25, 0.3) is 30.6 Å². The second-order valence-corrected chi connectivity index (χ2v) is 28.8. The average Bonchev–Trinajstić information content (AvgIpc) is 1.55. The first kappa shape index (κ1) is 71.4. The van der Waals surface area contributed by atoms with E-state index >= 15 is 0 Å². The predicted molar refractivity (Wildman–Crippen MR) is 407 cm³/mol. The summed E-state index contributed by atoms with van der Waals surface area (Å²) in [7, 11) is 0. The number of piperazine rings is 3. The number of anilines is 6. The molecule has 11 aromatic rings. The van der Waals surface area contributed by atoms with Gasteiger partial charge in [0.2, 0.25) is 23.8 Å². The van der Waals surface area contributed by atoms with Crippen LogP contribution in [0.4, 0.5) is 35.3 Å². The fourth-order valence-electron chi connectivity index (χ4n) is 11.7. The van der Waals surface area contributed by atoms with Crippen molar-refractivity contribution in [2.45, 2.75) is 40.4 Å². The number of aryl methyl sites for hydroxylation is 3. The fraction of sp³-hybridized carbons (Fsp3) is 0.257. The number of aromatic nitrogens is 6. The summed E-state index contributed by atoms with van der Waals surface area (Å²) in [6, 6.07) is 29.3. The highest BCUT2D eigenvalue weighted by Gasteiger charge is 2.30. The van der Waals surface area contributed by atoms with Gasteiger partial charge in [0, 0.05) is 128 Å². The molecule has 3 aliphatic rings. The Hall–Kier alpha value is -8.40. The van der Waals surface area contributed by atoms with Gasteiger partial charge in [-0.05, 0) is 131 Å². The van der Waals surface area contributed by atoms with Crippen molar-refractivity contribution in [2.75, 3.05) is 109 Å². The Labute approximate surface area is 618 Å². The molecule has 14 rings (SSSR count). The van der Waals surface area contributed by atoms with Crippen LogP contribution >= 0.6 is 104 Å². The molecule has 3 aliphatic heterocycles. The number of aromatic carboxylic acids is 1. The lowest BCUT2D eigenvalue weighted by molar-refractivity contribution is 0.0672. The van der Waals surface area contributed by atoms with Gasteiger partial charge in [0.1, 0.15) is 31.9 Å². The highest BCUT2D eigenvalue weighted by molar-refractivity contribution is 7.17. The summed E-state index contributed by atoms with van der Waals surface area (Å²) < 4.78 is 0. The maximum absolute atomic E-state index is 13.1. The van der Waals surface area contributed by atoms with E-state index in [4.69, 9.17) is 105 Å². The Morgan fingerprint density at radius 2 is 0.770 bits per heavy atom. The predicted octanol–water partition coefficient (Wildman–Crippen LogP) is 14.9. The highest BCUT2D eigenvalue weighted by Crippen LogP contribution is 2.37. The quantitative estimate of drug-likeness (QED) is 0.0525. The topological polar surface area (TPSA) is 256 Å². The number of amides is 3. The lowest BCUT2D eigenvalue weighted by Crippen LogP contribution is -2.49. The number of nitrogens with one attached hydrogen (secondary N) is 4. The van der Waals surface area contributed by atoms with Crippen molar-refractivity contribution >= 4 is 193 Å². The first-order chi connectivity index (χ1) is 48.2. The molecular weight excluding hydrogens is 1450 g/mol. The normalized spacial score (nSPS) is 14.0. The minimum atomic E-state index is -1.12. The lowest BCUT2D eigenvalue weighted by atomic mass is 10.1. The monoisotopic (exact) mass is 1520 g/mol. The van der Waals surface area contributed by atoms with Crippen LogP contribution < -0.4 is 41.7 Å². The van der Waals surface area contributed by atoms with Crippen molar-refractivity contribution < 1.29 is 24.3 Å². The number of fused-ring (bicyclic) bond motifs is 3. The van der Waals surface area contributed by atoms with Crippen LogP contribution in [0.3, 0.4) is 0 Å². The second kappa shape index (κ2) is 32.1. The van der Waals surface area contributed by atoms with Gasteiger partial charge in [0.05, 0.1) is 38.4 Å². The first-order valence-corrected chi connectivity index (χ1v) is 36.7. The number of carboxylic acid groups (broad SMARTS) is 1. The number of thiophene rings is 3. The van der Waals surface area contributed by atoms with E-state index in [0.717, 1.165) is 108 Å². The van der Waals surface area contributed by atoms with E-state index in [-0.39, 0.29) is 28.5 Å². The molecule has 3 fully saturated rings. The number of benzene rings is 5. The number of primary amides is 1. The molecule has 7 N–H and O–H groups in total. The third-order valence-electron chi connectivity index (χ3n) is 17.1. The van der Waals surface area contributed by atoms with Crippen molar-refractivity contribution in [2.24, 2.45) is 5.73 Å². The number of hydrogen-bond acceptors (Lipinski definition) is 20. The van der Waals surface area contributed by atoms with E-state index in [1.807, 2.05) is 49.1 Å². The van der Waals surface area contributed by atoms with E-state index < -0.39 is 11.9 Å². The summed E-state index contributed by atoms with van der Waals surface area (Å²) in [5, 5.41) is 36.0. The van der Waals surface area contributed by atoms with Crippen LogP contribution in [0.5, 0.6) is 0 Å². The van der Waals surface area contributed by atoms with Crippen molar-refractivity contribution in [3.63, 3.8) is 0 Å². The first-order valence-electron chi connectivity index (χ1n) is 31.8. The van der Waals surface area contributed by atoms with Gasteiger partial charge < -0.3 is 56.6 Å². The molecule has 0 unspecified atom stereocenters. The van der Waals surface area contributed by atoms with Crippen LogP contribution in [-0.4, -0.2) is 147 Å². The van der Waals surface area contributed by atoms with Crippen LogP contribution in [-0.2, 0) is 19.6 Å². The number of carbonyl (C=O) groups is 4. The maximum atomic E-state index is 13.1. The molecule has 0 atom stereocenters. The zero-order chi connectivity index (χ0) is 70.3. The average molecular weight is 1520 g/mol. The molecule has 3 saturated heterocycles. The standard InChI is InChI=1S/C26H24Cl2N6O2S.C26H23Cl2N5O3S.C18H19Cl2N5S/c1-15-14-37-24-21(15)23(30-13-16-6-7-17(27)12-20(16)28)31-26(32-24)34-10-8-33(9-11-34)25(36)19-5-3-2-4-18(19)22(29)35;1-15-14-37-23-21(15)22(29-13-16-6-7-17(27)12-20(16)28)30-26(31-23)33-10-8-32(9-11-33)24(34)18-4-2-3-5-19(18)25(35)36;1-11-10-26-17-15(11)16(22-9-12-2-3-13(19)8-14(12)20)23-18(24-17)25-6-4-21-5-7-25/h2-7,12,14H,8-11,13H2,1H3,(H2,29,35)(H,30,31,32);2-7,12,14H,8-11,13H2,1H3,(H,35,36)(H,29,30,31);2-3,8,10,21H,4-7,9H2,1H3,(H,22,23,24). The molecule has 0 radical (unpaired) electrons. The summed E-state index contributed by atoms with van der Waals surface area (Å²) in [5.74, 6) is 2.05. The number of halogens is 6. The number of carboxylic acids is 1. The van der Waals surface area contributed by atoms with Gasteiger partial charge in [-0.3, -0.25) is 14.4 Å². The number of carbonyl (C=O) groups excluding carboxylic acids is 3. The van der Waals surface area contributed by atoms with Gasteiger partial charge in [-0.1, -0.05) is 112 Å². The summed E-state index contributed by atoms with van der Waals surface area (Å²) in [6.07, 6.45) is 0. The molecule has 0 spiro atoms. The number of nitrogens with zero attached hydrogens (tertiary/aromatic N) is 11.